The zero-order valence-corrected chi connectivity index (χ0v) is 13.4. The van der Waals surface area contributed by atoms with Crippen molar-refractivity contribution in [2.24, 2.45) is 0 Å². The summed E-state index contributed by atoms with van der Waals surface area (Å²) in [4.78, 5) is 4.36. The van der Waals surface area contributed by atoms with Crippen LogP contribution in [0.1, 0.15) is 39.5 Å². The van der Waals surface area contributed by atoms with E-state index in [1.165, 1.54) is 6.20 Å². The molecule has 0 aliphatic carbocycles. The van der Waals surface area contributed by atoms with Crippen molar-refractivity contribution in [3.63, 3.8) is 0 Å². The van der Waals surface area contributed by atoms with Crippen molar-refractivity contribution in [3.05, 3.63) is 18.3 Å². The molecule has 1 aromatic heterocycles. The number of pyridine rings is 1. The number of aromatic nitrogens is 1. The molecule has 0 amide bonds. The van der Waals surface area contributed by atoms with Crippen LogP contribution in [0.5, 0.6) is 0 Å². The van der Waals surface area contributed by atoms with Crippen LogP contribution in [0.4, 0.5) is 5.82 Å². The Morgan fingerprint density at radius 2 is 1.75 bits per heavy atom. The van der Waals surface area contributed by atoms with Crippen molar-refractivity contribution in [2.75, 3.05) is 25.5 Å². The van der Waals surface area contributed by atoms with Gasteiger partial charge in [-0.1, -0.05) is 26.7 Å². The van der Waals surface area contributed by atoms with Gasteiger partial charge in [-0.05, 0) is 25.0 Å². The van der Waals surface area contributed by atoms with Crippen LogP contribution in [0.25, 0.3) is 0 Å². The average molecular weight is 299 g/mol. The fourth-order valence-electron chi connectivity index (χ4n) is 1.85. The standard InChI is InChI=1S/C14H25N3O2S/c1-4-6-10-17(11-7-5-2)20(18,19)13-8-9-14(15-3)16-12-13/h8-9,12H,4-7,10-11H2,1-3H3,(H,15,16). The Bertz CT molecular complexity index is 478. The van der Waals surface area contributed by atoms with Gasteiger partial charge in [0.15, 0.2) is 0 Å². The van der Waals surface area contributed by atoms with Crippen molar-refractivity contribution in [3.8, 4) is 0 Å². The molecule has 0 saturated carbocycles. The van der Waals surface area contributed by atoms with Gasteiger partial charge < -0.3 is 5.32 Å². The largest absolute Gasteiger partial charge is 0.373 e. The Morgan fingerprint density at radius 1 is 1.15 bits per heavy atom. The van der Waals surface area contributed by atoms with Crippen molar-refractivity contribution >= 4 is 15.8 Å². The Morgan fingerprint density at radius 3 is 2.15 bits per heavy atom. The Hall–Kier alpha value is -1.14. The van der Waals surface area contributed by atoms with Gasteiger partial charge >= 0.3 is 0 Å². The molecule has 6 heteroatoms. The molecule has 0 atom stereocenters. The molecule has 114 valence electrons. The molecule has 1 N–H and O–H groups in total. The van der Waals surface area contributed by atoms with Crippen LogP contribution < -0.4 is 5.32 Å². The second-order valence-electron chi connectivity index (χ2n) is 4.74. The highest BCUT2D eigenvalue weighted by Gasteiger charge is 2.23. The van der Waals surface area contributed by atoms with Crippen molar-refractivity contribution < 1.29 is 8.42 Å². The Balaban J connectivity index is 2.94. The van der Waals surface area contributed by atoms with Crippen LogP contribution in [0.2, 0.25) is 0 Å². The van der Waals surface area contributed by atoms with Gasteiger partial charge in [-0.25, -0.2) is 13.4 Å². The summed E-state index contributed by atoms with van der Waals surface area (Å²) >= 11 is 0. The topological polar surface area (TPSA) is 62.3 Å². The number of nitrogens with one attached hydrogen (secondary N) is 1. The zero-order chi connectivity index (χ0) is 15.0. The van der Waals surface area contributed by atoms with Crippen LogP contribution in [-0.4, -0.2) is 37.8 Å². The van der Waals surface area contributed by atoms with Crippen LogP contribution in [0.3, 0.4) is 0 Å². The summed E-state index contributed by atoms with van der Waals surface area (Å²) in [7, 11) is -1.67. The number of rotatable bonds is 9. The summed E-state index contributed by atoms with van der Waals surface area (Å²) in [5.74, 6) is 0.664. The first-order valence-corrected chi connectivity index (χ1v) is 8.64. The molecular weight excluding hydrogens is 274 g/mol. The molecule has 0 spiro atoms. The number of nitrogens with zero attached hydrogens (tertiary/aromatic N) is 2. The highest BCUT2D eigenvalue weighted by Crippen LogP contribution is 2.17. The van der Waals surface area contributed by atoms with E-state index in [0.29, 0.717) is 18.9 Å². The molecule has 0 aromatic carbocycles. The first kappa shape index (κ1) is 16.9. The third-order valence-electron chi connectivity index (χ3n) is 3.15. The monoisotopic (exact) mass is 299 g/mol. The minimum Gasteiger partial charge on any atom is -0.373 e. The molecule has 5 nitrogen and oxygen atoms in total. The lowest BCUT2D eigenvalue weighted by molar-refractivity contribution is 0.395. The molecule has 0 saturated heterocycles. The number of sulfonamides is 1. The van der Waals surface area contributed by atoms with E-state index in [0.717, 1.165) is 25.7 Å². The van der Waals surface area contributed by atoms with Crippen molar-refractivity contribution in [1.29, 1.82) is 0 Å². The van der Waals surface area contributed by atoms with Gasteiger partial charge in [0.05, 0.1) is 0 Å². The maximum Gasteiger partial charge on any atom is 0.244 e. The molecular formula is C14H25N3O2S. The molecule has 1 heterocycles. The van der Waals surface area contributed by atoms with E-state index in [-0.39, 0.29) is 4.90 Å². The quantitative estimate of drug-likeness (QED) is 0.761. The van der Waals surface area contributed by atoms with Gasteiger partial charge in [-0.3, -0.25) is 0 Å². The number of hydrogen-bond donors (Lipinski definition) is 1. The van der Waals surface area contributed by atoms with Gasteiger partial charge in [0.2, 0.25) is 10.0 Å². The lowest BCUT2D eigenvalue weighted by Gasteiger charge is -2.21. The van der Waals surface area contributed by atoms with E-state index >= 15 is 0 Å². The highest BCUT2D eigenvalue weighted by molar-refractivity contribution is 7.89. The van der Waals surface area contributed by atoms with E-state index in [9.17, 15) is 8.42 Å². The molecule has 0 bridgehead atoms. The SMILES string of the molecule is CCCCN(CCCC)S(=O)(=O)c1ccc(NC)nc1. The molecule has 1 aromatic rings. The normalized spacial score (nSPS) is 11.8. The van der Waals surface area contributed by atoms with Gasteiger partial charge in [0.25, 0.3) is 0 Å². The maximum absolute atomic E-state index is 12.6. The molecule has 20 heavy (non-hydrogen) atoms. The van der Waals surface area contributed by atoms with Crippen LogP contribution in [0, 0.1) is 0 Å². The summed E-state index contributed by atoms with van der Waals surface area (Å²) in [6, 6.07) is 3.30. The summed E-state index contributed by atoms with van der Waals surface area (Å²) in [6.45, 7) is 5.28. The van der Waals surface area contributed by atoms with E-state index in [4.69, 9.17) is 0 Å². The minimum atomic E-state index is -3.43. The first-order chi connectivity index (χ1) is 9.56. The number of unbranched alkanes of at least 4 members (excludes halogenated alkanes) is 2. The van der Waals surface area contributed by atoms with Gasteiger partial charge in [-0.2, -0.15) is 4.31 Å². The molecule has 0 fully saturated rings. The number of hydrogen-bond acceptors (Lipinski definition) is 4. The minimum absolute atomic E-state index is 0.267. The van der Waals surface area contributed by atoms with E-state index in [1.807, 2.05) is 0 Å². The Kier molecular flexibility index (Phi) is 6.95. The maximum atomic E-state index is 12.6. The summed E-state index contributed by atoms with van der Waals surface area (Å²) in [5.41, 5.74) is 0. The molecule has 0 radical (unpaired) electrons. The average Bonchev–Trinajstić information content (AvgIpc) is 2.47. The van der Waals surface area contributed by atoms with E-state index in [2.05, 4.69) is 24.1 Å². The van der Waals surface area contributed by atoms with Crippen LogP contribution >= 0.6 is 0 Å². The van der Waals surface area contributed by atoms with Crippen LogP contribution in [0.15, 0.2) is 23.2 Å². The molecule has 0 aliphatic heterocycles. The van der Waals surface area contributed by atoms with Gasteiger partial charge in [-0.15, -0.1) is 0 Å². The fourth-order valence-corrected chi connectivity index (χ4v) is 3.31. The third-order valence-corrected chi connectivity index (χ3v) is 5.03. The third kappa shape index (κ3) is 4.45. The fraction of sp³-hybridized carbons (Fsp3) is 0.643. The Labute approximate surface area is 122 Å². The lowest BCUT2D eigenvalue weighted by Crippen LogP contribution is -2.33. The summed E-state index contributed by atoms with van der Waals surface area (Å²) < 4.78 is 26.8. The van der Waals surface area contributed by atoms with E-state index in [1.54, 1.807) is 23.5 Å². The second-order valence-corrected chi connectivity index (χ2v) is 6.68. The molecule has 1 rings (SSSR count). The second kappa shape index (κ2) is 8.21. The van der Waals surface area contributed by atoms with Crippen molar-refractivity contribution in [1.82, 2.24) is 9.29 Å². The highest BCUT2D eigenvalue weighted by atomic mass is 32.2. The zero-order valence-electron chi connectivity index (χ0n) is 12.6. The number of anilines is 1. The first-order valence-electron chi connectivity index (χ1n) is 7.20. The summed E-state index contributed by atoms with van der Waals surface area (Å²) in [5, 5.41) is 2.88. The van der Waals surface area contributed by atoms with Gasteiger partial charge in [0, 0.05) is 26.3 Å². The van der Waals surface area contributed by atoms with Crippen molar-refractivity contribution in [2.45, 2.75) is 44.4 Å². The van der Waals surface area contributed by atoms with E-state index < -0.39 is 10.0 Å². The predicted octanol–water partition coefficient (Wildman–Crippen LogP) is 2.71. The molecule has 0 unspecified atom stereocenters. The van der Waals surface area contributed by atoms with Gasteiger partial charge in [0.1, 0.15) is 10.7 Å². The van der Waals surface area contributed by atoms with Crippen LogP contribution in [-0.2, 0) is 10.0 Å². The smallest absolute Gasteiger partial charge is 0.244 e. The lowest BCUT2D eigenvalue weighted by atomic mass is 10.3. The summed E-state index contributed by atoms with van der Waals surface area (Å²) in [6.07, 6.45) is 5.15. The molecule has 0 aliphatic rings. The predicted molar refractivity (Wildman–Crippen MR) is 82.4 cm³/mol.